The quantitative estimate of drug-likeness (QED) is 0.864. The maximum atomic E-state index is 12.3. The number of carbonyl (C=O) groups is 2. The van der Waals surface area contributed by atoms with E-state index in [2.05, 4.69) is 15.4 Å². The molecule has 3 rings (SSSR count). The summed E-state index contributed by atoms with van der Waals surface area (Å²) in [6, 6.07) is 9.03. The molecule has 0 bridgehead atoms. The first-order chi connectivity index (χ1) is 10.1. The van der Waals surface area contributed by atoms with Crippen LogP contribution in [0.3, 0.4) is 0 Å². The van der Waals surface area contributed by atoms with Crippen LogP contribution in [0.2, 0.25) is 0 Å². The van der Waals surface area contributed by atoms with E-state index in [9.17, 15) is 14.7 Å². The van der Waals surface area contributed by atoms with Gasteiger partial charge in [0.05, 0.1) is 6.20 Å². The molecule has 1 aliphatic rings. The van der Waals surface area contributed by atoms with Crippen molar-refractivity contribution in [2.75, 3.05) is 13.1 Å². The van der Waals surface area contributed by atoms with Gasteiger partial charge >= 0.3 is 5.97 Å². The van der Waals surface area contributed by atoms with Crippen molar-refractivity contribution in [1.82, 2.24) is 20.3 Å². The van der Waals surface area contributed by atoms with Crippen molar-refractivity contribution in [3.8, 4) is 0 Å². The normalized spacial score (nSPS) is 21.4. The van der Waals surface area contributed by atoms with Crippen LogP contribution >= 0.6 is 0 Å². The molecule has 0 unspecified atom stereocenters. The summed E-state index contributed by atoms with van der Waals surface area (Å²) in [5, 5.41) is 19.4. The molecule has 2 heterocycles. The summed E-state index contributed by atoms with van der Waals surface area (Å²) < 4.78 is 0. The summed E-state index contributed by atoms with van der Waals surface area (Å²) >= 11 is 0. The van der Waals surface area contributed by atoms with Crippen molar-refractivity contribution in [2.24, 2.45) is 0 Å². The second-order valence-electron chi connectivity index (χ2n) is 5.09. The first-order valence-electron chi connectivity index (χ1n) is 6.57. The maximum absolute atomic E-state index is 12.3. The number of carboxylic acid groups (broad SMARTS) is 1. The number of benzene rings is 1. The Hall–Kier alpha value is -2.70. The Balaban J connectivity index is 1.89. The highest BCUT2D eigenvalue weighted by atomic mass is 16.4. The Bertz CT molecular complexity index is 656. The molecule has 1 fully saturated rings. The van der Waals surface area contributed by atoms with Crippen LogP contribution < -0.4 is 0 Å². The molecule has 1 aromatic carbocycles. The van der Waals surface area contributed by atoms with E-state index in [0.29, 0.717) is 18.5 Å². The van der Waals surface area contributed by atoms with Gasteiger partial charge in [-0.3, -0.25) is 9.59 Å². The minimum atomic E-state index is -1.05. The highest BCUT2D eigenvalue weighted by molar-refractivity contribution is 5.93. The standard InChI is InChI=1S/C14H14N4O3/c19-12(11-8-15-17-16-11)18-7-6-14(9-18,13(20)21)10-4-2-1-3-5-10/h1-5,8H,6-7,9H2,(H,20,21)(H,15,16,17)/t14-/m0/s1. The van der Waals surface area contributed by atoms with Crippen LogP contribution in [0.5, 0.6) is 0 Å². The Kier molecular flexibility index (Phi) is 3.17. The SMILES string of the molecule is O=C(c1cn[nH]n1)N1CC[C@@](C(=O)O)(c2ccccc2)C1. The number of nitrogens with zero attached hydrogens (tertiary/aromatic N) is 3. The highest BCUT2D eigenvalue weighted by Crippen LogP contribution is 2.35. The summed E-state index contributed by atoms with van der Waals surface area (Å²) in [6.07, 6.45) is 1.72. The molecule has 0 radical (unpaired) electrons. The maximum Gasteiger partial charge on any atom is 0.316 e. The summed E-state index contributed by atoms with van der Waals surface area (Å²) in [7, 11) is 0. The number of hydrogen-bond acceptors (Lipinski definition) is 4. The summed E-state index contributed by atoms with van der Waals surface area (Å²) in [4.78, 5) is 25.6. The lowest BCUT2D eigenvalue weighted by Crippen LogP contribution is -2.40. The Labute approximate surface area is 120 Å². The molecule has 1 amide bonds. The largest absolute Gasteiger partial charge is 0.481 e. The van der Waals surface area contributed by atoms with Crippen LogP contribution in [0.4, 0.5) is 0 Å². The molecule has 2 aromatic rings. The lowest BCUT2D eigenvalue weighted by Gasteiger charge is -2.25. The van der Waals surface area contributed by atoms with E-state index in [4.69, 9.17) is 0 Å². The molecule has 0 aliphatic carbocycles. The number of amides is 1. The van der Waals surface area contributed by atoms with E-state index in [-0.39, 0.29) is 18.1 Å². The number of aliphatic carboxylic acids is 1. The van der Waals surface area contributed by atoms with Gasteiger partial charge in [0, 0.05) is 13.1 Å². The summed E-state index contributed by atoms with van der Waals surface area (Å²) in [5.41, 5.74) is -0.141. The van der Waals surface area contributed by atoms with Crippen LogP contribution in [0, 0.1) is 0 Å². The average molecular weight is 286 g/mol. The number of carbonyl (C=O) groups excluding carboxylic acids is 1. The number of H-pyrrole nitrogens is 1. The van der Waals surface area contributed by atoms with Crippen molar-refractivity contribution in [1.29, 1.82) is 0 Å². The van der Waals surface area contributed by atoms with Crippen molar-refractivity contribution in [2.45, 2.75) is 11.8 Å². The van der Waals surface area contributed by atoms with Crippen LogP contribution in [-0.2, 0) is 10.2 Å². The van der Waals surface area contributed by atoms with E-state index in [1.54, 1.807) is 12.1 Å². The zero-order valence-corrected chi connectivity index (χ0v) is 11.2. The number of carboxylic acids is 1. The zero-order chi connectivity index (χ0) is 14.9. The molecule has 1 atom stereocenters. The van der Waals surface area contributed by atoms with Gasteiger partial charge in [0.1, 0.15) is 5.41 Å². The Morgan fingerprint density at radius 2 is 2.05 bits per heavy atom. The highest BCUT2D eigenvalue weighted by Gasteiger charge is 2.47. The molecule has 0 spiro atoms. The van der Waals surface area contributed by atoms with Gasteiger partial charge in [-0.15, -0.1) is 0 Å². The average Bonchev–Trinajstić information content (AvgIpc) is 3.18. The molecule has 108 valence electrons. The van der Waals surface area contributed by atoms with E-state index >= 15 is 0 Å². The number of rotatable bonds is 3. The summed E-state index contributed by atoms with van der Waals surface area (Å²) in [5.74, 6) is -1.22. The van der Waals surface area contributed by atoms with Gasteiger partial charge in [0.15, 0.2) is 5.69 Å². The minimum Gasteiger partial charge on any atom is -0.481 e. The van der Waals surface area contributed by atoms with Gasteiger partial charge in [0.25, 0.3) is 5.91 Å². The van der Waals surface area contributed by atoms with Gasteiger partial charge in [-0.05, 0) is 12.0 Å². The molecule has 1 saturated heterocycles. The van der Waals surface area contributed by atoms with Gasteiger partial charge in [-0.25, -0.2) is 0 Å². The van der Waals surface area contributed by atoms with Crippen LogP contribution in [0.25, 0.3) is 0 Å². The third-order valence-electron chi connectivity index (χ3n) is 3.93. The first-order valence-corrected chi connectivity index (χ1v) is 6.57. The number of hydrogen-bond donors (Lipinski definition) is 2. The van der Waals surface area contributed by atoms with E-state index < -0.39 is 11.4 Å². The number of likely N-dealkylation sites (tertiary alicyclic amines) is 1. The Morgan fingerprint density at radius 3 is 2.67 bits per heavy atom. The molecule has 2 N–H and O–H groups in total. The van der Waals surface area contributed by atoms with E-state index in [1.165, 1.54) is 11.1 Å². The second-order valence-corrected chi connectivity index (χ2v) is 5.09. The Morgan fingerprint density at radius 1 is 1.29 bits per heavy atom. The van der Waals surface area contributed by atoms with Crippen molar-refractivity contribution >= 4 is 11.9 Å². The number of aromatic amines is 1. The monoisotopic (exact) mass is 286 g/mol. The van der Waals surface area contributed by atoms with Gasteiger partial charge in [-0.2, -0.15) is 15.4 Å². The third-order valence-corrected chi connectivity index (χ3v) is 3.93. The van der Waals surface area contributed by atoms with Crippen LogP contribution in [0.15, 0.2) is 36.5 Å². The van der Waals surface area contributed by atoms with E-state index in [0.717, 1.165) is 0 Å². The lowest BCUT2D eigenvalue weighted by molar-refractivity contribution is -0.143. The first kappa shape index (κ1) is 13.3. The van der Waals surface area contributed by atoms with Crippen molar-refractivity contribution in [3.05, 3.63) is 47.8 Å². The van der Waals surface area contributed by atoms with Crippen LogP contribution in [0.1, 0.15) is 22.5 Å². The fraction of sp³-hybridized carbons (Fsp3) is 0.286. The fourth-order valence-corrected chi connectivity index (χ4v) is 2.74. The minimum absolute atomic E-state index is 0.137. The molecule has 7 heteroatoms. The predicted octanol–water partition coefficient (Wildman–Crippen LogP) is 0.673. The second kappa shape index (κ2) is 5.01. The van der Waals surface area contributed by atoms with Gasteiger partial charge in [-0.1, -0.05) is 30.3 Å². The molecule has 7 nitrogen and oxygen atoms in total. The topological polar surface area (TPSA) is 99.2 Å². The molecule has 1 aromatic heterocycles. The van der Waals surface area contributed by atoms with E-state index in [1.807, 2.05) is 18.2 Å². The van der Waals surface area contributed by atoms with Gasteiger partial charge < -0.3 is 10.0 Å². The lowest BCUT2D eigenvalue weighted by atomic mass is 9.80. The van der Waals surface area contributed by atoms with Crippen LogP contribution in [-0.4, -0.2) is 50.4 Å². The predicted molar refractivity (Wildman–Crippen MR) is 72.7 cm³/mol. The molecule has 0 saturated carbocycles. The third kappa shape index (κ3) is 2.16. The summed E-state index contributed by atoms with van der Waals surface area (Å²) in [6.45, 7) is 0.519. The molecular weight excluding hydrogens is 272 g/mol. The fourth-order valence-electron chi connectivity index (χ4n) is 2.74. The van der Waals surface area contributed by atoms with Crippen molar-refractivity contribution < 1.29 is 14.7 Å². The molecular formula is C14H14N4O3. The zero-order valence-electron chi connectivity index (χ0n) is 11.2. The number of nitrogens with one attached hydrogen (secondary N) is 1. The number of aromatic nitrogens is 3. The van der Waals surface area contributed by atoms with Crippen molar-refractivity contribution in [3.63, 3.8) is 0 Å². The van der Waals surface area contributed by atoms with Gasteiger partial charge in [0.2, 0.25) is 0 Å². The molecule has 21 heavy (non-hydrogen) atoms. The molecule has 1 aliphatic heterocycles. The smallest absolute Gasteiger partial charge is 0.316 e.